The van der Waals surface area contributed by atoms with Crippen LogP contribution in [0.2, 0.25) is 0 Å². The summed E-state index contributed by atoms with van der Waals surface area (Å²) in [4.78, 5) is 12.9. The summed E-state index contributed by atoms with van der Waals surface area (Å²) in [7, 11) is 0. The molecule has 0 spiro atoms. The highest BCUT2D eigenvalue weighted by molar-refractivity contribution is 5.73. The number of aromatic nitrogens is 2. The van der Waals surface area contributed by atoms with E-state index in [1.165, 1.54) is 6.26 Å². The average molecular weight is 263 g/mol. The second-order valence-corrected chi connectivity index (χ2v) is 4.44. The third-order valence-electron chi connectivity index (χ3n) is 3.19. The third kappa shape index (κ3) is 2.37. The Morgan fingerprint density at radius 2 is 2.42 bits per heavy atom. The zero-order valence-corrected chi connectivity index (χ0v) is 10.2. The zero-order valence-electron chi connectivity index (χ0n) is 10.2. The minimum atomic E-state index is -0.803. The molecule has 2 aromatic heterocycles. The first-order valence-electron chi connectivity index (χ1n) is 6.07. The molecule has 1 unspecified atom stereocenters. The number of carbonyl (C=O) groups is 1. The van der Waals surface area contributed by atoms with Crippen LogP contribution in [0.1, 0.15) is 18.7 Å². The number of aliphatic carboxylic acids is 1. The van der Waals surface area contributed by atoms with Gasteiger partial charge in [-0.25, -0.2) is 0 Å². The van der Waals surface area contributed by atoms with E-state index < -0.39 is 12.0 Å². The first-order chi connectivity index (χ1) is 9.24. The lowest BCUT2D eigenvalue weighted by Gasteiger charge is -2.18. The van der Waals surface area contributed by atoms with E-state index in [0.29, 0.717) is 30.5 Å². The number of likely N-dealkylation sites (tertiary alicyclic amines) is 1. The first kappa shape index (κ1) is 11.9. The molecule has 7 nitrogen and oxygen atoms in total. The molecular weight excluding hydrogens is 250 g/mol. The number of carboxylic acids is 1. The monoisotopic (exact) mass is 263 g/mol. The Balaban J connectivity index is 1.72. The average Bonchev–Trinajstić information content (AvgIpc) is 3.09. The van der Waals surface area contributed by atoms with Gasteiger partial charge in [-0.05, 0) is 31.5 Å². The molecule has 0 bridgehead atoms. The molecule has 0 aromatic carbocycles. The van der Waals surface area contributed by atoms with Gasteiger partial charge in [0.1, 0.15) is 6.04 Å². The normalized spacial score (nSPS) is 19.9. The van der Waals surface area contributed by atoms with Crippen LogP contribution < -0.4 is 0 Å². The van der Waals surface area contributed by atoms with Crippen molar-refractivity contribution in [1.82, 2.24) is 15.1 Å². The van der Waals surface area contributed by atoms with Crippen LogP contribution in [0.25, 0.3) is 11.7 Å². The molecule has 1 fully saturated rings. The molecule has 0 aliphatic carbocycles. The Morgan fingerprint density at radius 1 is 1.53 bits per heavy atom. The van der Waals surface area contributed by atoms with Gasteiger partial charge in [-0.1, -0.05) is 0 Å². The summed E-state index contributed by atoms with van der Waals surface area (Å²) in [5.74, 6) is 0.420. The van der Waals surface area contributed by atoms with Crippen LogP contribution in [0.4, 0.5) is 0 Å². The summed E-state index contributed by atoms with van der Waals surface area (Å²) < 4.78 is 10.6. The van der Waals surface area contributed by atoms with Gasteiger partial charge in [-0.15, -0.1) is 10.2 Å². The molecule has 19 heavy (non-hydrogen) atoms. The minimum absolute atomic E-state index is 0.311. The highest BCUT2D eigenvalue weighted by Crippen LogP contribution is 2.22. The standard InChI is InChI=1S/C12H13N3O4/c16-12(17)8-3-1-5-15(8)7-10-13-14-11(19-10)9-4-2-6-18-9/h2,4,6,8H,1,3,5,7H2,(H,16,17). The van der Waals surface area contributed by atoms with Gasteiger partial charge in [0, 0.05) is 0 Å². The molecule has 0 saturated carbocycles. The van der Waals surface area contributed by atoms with Crippen LogP contribution in [0.5, 0.6) is 0 Å². The molecule has 1 N–H and O–H groups in total. The smallest absolute Gasteiger partial charge is 0.320 e. The molecule has 0 radical (unpaired) electrons. The van der Waals surface area contributed by atoms with E-state index in [-0.39, 0.29) is 0 Å². The van der Waals surface area contributed by atoms with Crippen molar-refractivity contribution in [2.45, 2.75) is 25.4 Å². The molecular formula is C12H13N3O4. The SMILES string of the molecule is O=C(O)C1CCCN1Cc1nnc(-c2ccco2)o1. The molecule has 3 heterocycles. The van der Waals surface area contributed by atoms with Crippen molar-refractivity contribution in [1.29, 1.82) is 0 Å². The lowest BCUT2D eigenvalue weighted by molar-refractivity contribution is -0.142. The fraction of sp³-hybridized carbons (Fsp3) is 0.417. The molecule has 2 aromatic rings. The molecule has 3 rings (SSSR count). The maximum Gasteiger partial charge on any atom is 0.320 e. The molecule has 1 aliphatic rings. The lowest BCUT2D eigenvalue weighted by atomic mass is 10.2. The summed E-state index contributed by atoms with van der Waals surface area (Å²) in [6, 6.07) is 3.01. The van der Waals surface area contributed by atoms with E-state index >= 15 is 0 Å². The minimum Gasteiger partial charge on any atom is -0.480 e. The second-order valence-electron chi connectivity index (χ2n) is 4.44. The van der Waals surface area contributed by atoms with Crippen molar-refractivity contribution in [2.75, 3.05) is 6.54 Å². The van der Waals surface area contributed by atoms with E-state index in [9.17, 15) is 4.79 Å². The molecule has 1 atom stereocenters. The van der Waals surface area contributed by atoms with Gasteiger partial charge in [-0.3, -0.25) is 9.69 Å². The van der Waals surface area contributed by atoms with E-state index in [1.54, 1.807) is 12.1 Å². The van der Waals surface area contributed by atoms with Gasteiger partial charge < -0.3 is 13.9 Å². The predicted molar refractivity (Wildman–Crippen MR) is 63.1 cm³/mol. The fourth-order valence-corrected chi connectivity index (χ4v) is 2.29. The quantitative estimate of drug-likeness (QED) is 0.890. The Bertz CT molecular complexity index is 563. The molecule has 7 heteroatoms. The molecule has 1 saturated heterocycles. The van der Waals surface area contributed by atoms with Crippen molar-refractivity contribution in [3.05, 3.63) is 24.3 Å². The van der Waals surface area contributed by atoms with Gasteiger partial charge in [0.25, 0.3) is 5.89 Å². The van der Waals surface area contributed by atoms with Crippen molar-refractivity contribution < 1.29 is 18.7 Å². The van der Waals surface area contributed by atoms with Crippen molar-refractivity contribution in [2.24, 2.45) is 0 Å². The number of furan rings is 1. The van der Waals surface area contributed by atoms with Crippen LogP contribution in [0.3, 0.4) is 0 Å². The van der Waals surface area contributed by atoms with Gasteiger partial charge in [0.15, 0.2) is 5.76 Å². The highest BCUT2D eigenvalue weighted by atomic mass is 16.4. The summed E-state index contributed by atoms with van der Waals surface area (Å²) in [6.45, 7) is 1.08. The van der Waals surface area contributed by atoms with Gasteiger partial charge >= 0.3 is 5.97 Å². The number of hydrogen-bond acceptors (Lipinski definition) is 6. The van der Waals surface area contributed by atoms with Crippen LogP contribution in [0.15, 0.2) is 27.2 Å². The Morgan fingerprint density at radius 3 is 3.16 bits per heavy atom. The molecule has 1 aliphatic heterocycles. The third-order valence-corrected chi connectivity index (χ3v) is 3.19. The predicted octanol–water partition coefficient (Wildman–Crippen LogP) is 1.38. The van der Waals surface area contributed by atoms with Crippen LogP contribution in [-0.2, 0) is 11.3 Å². The maximum absolute atomic E-state index is 11.1. The maximum atomic E-state index is 11.1. The van der Waals surface area contributed by atoms with E-state index in [0.717, 1.165) is 13.0 Å². The topological polar surface area (TPSA) is 92.6 Å². The van der Waals surface area contributed by atoms with Gasteiger partial charge in [0.05, 0.1) is 12.8 Å². The summed E-state index contributed by atoms with van der Waals surface area (Å²) >= 11 is 0. The van der Waals surface area contributed by atoms with Crippen LogP contribution >= 0.6 is 0 Å². The highest BCUT2D eigenvalue weighted by Gasteiger charge is 2.31. The fourth-order valence-electron chi connectivity index (χ4n) is 2.29. The second kappa shape index (κ2) is 4.85. The van der Waals surface area contributed by atoms with Gasteiger partial charge in [-0.2, -0.15) is 0 Å². The summed E-state index contributed by atoms with van der Waals surface area (Å²) in [5.41, 5.74) is 0. The van der Waals surface area contributed by atoms with E-state index in [1.807, 2.05) is 4.90 Å². The number of rotatable bonds is 4. The largest absolute Gasteiger partial charge is 0.480 e. The Labute approximate surface area is 108 Å². The zero-order chi connectivity index (χ0) is 13.2. The van der Waals surface area contributed by atoms with Crippen molar-refractivity contribution >= 4 is 5.97 Å². The Kier molecular flexibility index (Phi) is 3.04. The first-order valence-corrected chi connectivity index (χ1v) is 6.07. The van der Waals surface area contributed by atoms with Crippen molar-refractivity contribution in [3.8, 4) is 11.7 Å². The Hall–Kier alpha value is -2.15. The van der Waals surface area contributed by atoms with Crippen LogP contribution in [0, 0.1) is 0 Å². The number of nitrogens with zero attached hydrogens (tertiary/aromatic N) is 3. The van der Waals surface area contributed by atoms with E-state index in [4.69, 9.17) is 13.9 Å². The van der Waals surface area contributed by atoms with Crippen molar-refractivity contribution in [3.63, 3.8) is 0 Å². The van der Waals surface area contributed by atoms with Gasteiger partial charge in [0.2, 0.25) is 5.89 Å². The van der Waals surface area contributed by atoms with Crippen LogP contribution in [-0.4, -0.2) is 38.8 Å². The molecule has 100 valence electrons. The summed E-state index contributed by atoms with van der Waals surface area (Å²) in [5, 5.41) is 16.9. The summed E-state index contributed by atoms with van der Waals surface area (Å²) in [6.07, 6.45) is 3.06. The van der Waals surface area contributed by atoms with E-state index in [2.05, 4.69) is 10.2 Å². The number of hydrogen-bond donors (Lipinski definition) is 1. The lowest BCUT2D eigenvalue weighted by Crippen LogP contribution is -2.35. The number of carboxylic acid groups (broad SMARTS) is 1. The molecule has 0 amide bonds.